The quantitative estimate of drug-likeness (QED) is 0.401. The zero-order chi connectivity index (χ0) is 25.3. The Labute approximate surface area is 207 Å². The smallest absolute Gasteiger partial charge is 0.416 e. The number of halogens is 3. The lowest BCUT2D eigenvalue weighted by atomic mass is 9.77. The van der Waals surface area contributed by atoms with Crippen molar-refractivity contribution in [1.29, 1.82) is 0 Å². The molecule has 1 aliphatic heterocycles. The van der Waals surface area contributed by atoms with E-state index in [1.54, 1.807) is 7.11 Å². The maximum Gasteiger partial charge on any atom is 0.416 e. The Morgan fingerprint density at radius 2 is 1.75 bits per heavy atom. The SMILES string of the molecule is COc1ccc(C2C3CCc4ccccc4C3=NN2CCOC(=O)c2ccc(C(F)(F)F)cc2)cc1. The van der Waals surface area contributed by atoms with Crippen molar-refractivity contribution in [2.45, 2.75) is 25.1 Å². The Morgan fingerprint density at radius 3 is 2.44 bits per heavy atom. The van der Waals surface area contributed by atoms with Crippen LogP contribution in [0.4, 0.5) is 13.2 Å². The van der Waals surface area contributed by atoms with E-state index in [1.165, 1.54) is 5.56 Å². The van der Waals surface area contributed by atoms with Gasteiger partial charge in [0.1, 0.15) is 12.4 Å². The van der Waals surface area contributed by atoms with Crippen molar-refractivity contribution in [3.63, 3.8) is 0 Å². The van der Waals surface area contributed by atoms with Gasteiger partial charge in [-0.25, -0.2) is 4.79 Å². The topological polar surface area (TPSA) is 51.1 Å². The number of alkyl halides is 3. The standard InChI is InChI=1S/C28H25F3N2O3/c1-35-22-13-8-19(9-14-22)26-24-15-10-18-4-2-3-5-23(18)25(24)32-33(26)16-17-36-27(34)20-6-11-21(12-7-20)28(29,30)31/h2-9,11-14,24,26H,10,15-17H2,1H3. The highest BCUT2D eigenvalue weighted by molar-refractivity contribution is 6.05. The minimum Gasteiger partial charge on any atom is -0.497 e. The molecule has 0 spiro atoms. The summed E-state index contributed by atoms with van der Waals surface area (Å²) in [7, 11) is 1.63. The first-order chi connectivity index (χ1) is 17.3. The zero-order valence-corrected chi connectivity index (χ0v) is 19.7. The maximum atomic E-state index is 12.8. The molecule has 0 aromatic heterocycles. The van der Waals surface area contributed by atoms with Gasteiger partial charge in [-0.2, -0.15) is 18.3 Å². The number of hydrogen-bond acceptors (Lipinski definition) is 5. The lowest BCUT2D eigenvalue weighted by molar-refractivity contribution is -0.137. The fourth-order valence-electron chi connectivity index (χ4n) is 4.98. The van der Waals surface area contributed by atoms with Gasteiger partial charge in [-0.05, 0) is 60.4 Å². The molecule has 0 saturated carbocycles. The minimum absolute atomic E-state index is 0.0240. The lowest BCUT2D eigenvalue weighted by Crippen LogP contribution is -2.30. The minimum atomic E-state index is -4.46. The van der Waals surface area contributed by atoms with Crippen LogP contribution in [0.5, 0.6) is 5.75 Å². The highest BCUT2D eigenvalue weighted by Gasteiger charge is 2.41. The third kappa shape index (κ3) is 4.67. The van der Waals surface area contributed by atoms with E-state index in [1.807, 2.05) is 41.4 Å². The summed E-state index contributed by atoms with van der Waals surface area (Å²) < 4.78 is 49.1. The van der Waals surface area contributed by atoms with Gasteiger partial charge in [0.15, 0.2) is 0 Å². The third-order valence-electron chi connectivity index (χ3n) is 6.77. The molecule has 1 heterocycles. The molecule has 0 N–H and O–H groups in total. The summed E-state index contributed by atoms with van der Waals surface area (Å²) in [6.45, 7) is 0.406. The largest absolute Gasteiger partial charge is 0.497 e. The number of ether oxygens (including phenoxy) is 2. The average Bonchev–Trinajstić information content (AvgIpc) is 3.27. The molecule has 5 nitrogen and oxygen atoms in total. The van der Waals surface area contributed by atoms with E-state index in [9.17, 15) is 18.0 Å². The molecule has 1 aliphatic carbocycles. The van der Waals surface area contributed by atoms with Gasteiger partial charge in [0.25, 0.3) is 0 Å². The molecule has 0 saturated heterocycles. The molecule has 5 rings (SSSR count). The van der Waals surface area contributed by atoms with E-state index >= 15 is 0 Å². The number of nitrogens with zero attached hydrogens (tertiary/aromatic N) is 2. The molecule has 2 unspecified atom stereocenters. The molecule has 2 atom stereocenters. The normalized spacial score (nSPS) is 18.8. The molecule has 0 bridgehead atoms. The number of aryl methyl sites for hydroxylation is 1. The van der Waals surface area contributed by atoms with E-state index in [4.69, 9.17) is 14.6 Å². The van der Waals surface area contributed by atoms with Crippen molar-refractivity contribution in [1.82, 2.24) is 5.01 Å². The first-order valence-corrected chi connectivity index (χ1v) is 11.8. The van der Waals surface area contributed by atoms with Gasteiger partial charge in [-0.3, -0.25) is 5.01 Å². The summed E-state index contributed by atoms with van der Waals surface area (Å²) in [5.74, 6) is 0.294. The van der Waals surface area contributed by atoms with Gasteiger partial charge in [0, 0.05) is 11.5 Å². The van der Waals surface area contributed by atoms with E-state index in [2.05, 4.69) is 12.1 Å². The van der Waals surface area contributed by atoms with E-state index in [0.29, 0.717) is 6.54 Å². The van der Waals surface area contributed by atoms with Crippen LogP contribution in [0.15, 0.2) is 77.9 Å². The van der Waals surface area contributed by atoms with E-state index in [-0.39, 0.29) is 24.1 Å². The number of methoxy groups -OCH3 is 1. The van der Waals surface area contributed by atoms with Crippen LogP contribution >= 0.6 is 0 Å². The second-order valence-corrected chi connectivity index (χ2v) is 8.88. The first kappa shape index (κ1) is 23.9. The number of hydrazone groups is 1. The van der Waals surface area contributed by atoms with Crippen molar-refractivity contribution >= 4 is 11.7 Å². The summed E-state index contributed by atoms with van der Waals surface area (Å²) >= 11 is 0. The van der Waals surface area contributed by atoms with Crippen LogP contribution in [-0.2, 0) is 17.3 Å². The van der Waals surface area contributed by atoms with Crippen LogP contribution in [0.2, 0.25) is 0 Å². The number of fused-ring (bicyclic) bond motifs is 3. The second kappa shape index (κ2) is 9.68. The number of carbonyl (C=O) groups excluding carboxylic acids is 1. The molecule has 3 aromatic carbocycles. The van der Waals surface area contributed by atoms with Crippen molar-refractivity contribution < 1.29 is 27.4 Å². The van der Waals surface area contributed by atoms with Crippen molar-refractivity contribution in [2.75, 3.05) is 20.3 Å². The molecule has 0 radical (unpaired) electrons. The monoisotopic (exact) mass is 494 g/mol. The molecule has 8 heteroatoms. The van der Waals surface area contributed by atoms with Gasteiger partial charge in [0.05, 0.1) is 36.5 Å². The number of hydrogen-bond donors (Lipinski definition) is 0. The summed E-state index contributed by atoms with van der Waals surface area (Å²) in [4.78, 5) is 12.4. The number of rotatable bonds is 6. The van der Waals surface area contributed by atoms with Crippen LogP contribution in [0.3, 0.4) is 0 Å². The van der Waals surface area contributed by atoms with Gasteiger partial charge in [0.2, 0.25) is 0 Å². The summed E-state index contributed by atoms with van der Waals surface area (Å²) in [6.07, 6.45) is -2.54. The molecule has 3 aromatic rings. The molecular weight excluding hydrogens is 469 g/mol. The predicted molar refractivity (Wildman–Crippen MR) is 129 cm³/mol. The maximum absolute atomic E-state index is 12.8. The van der Waals surface area contributed by atoms with Crippen molar-refractivity contribution in [3.8, 4) is 5.75 Å². The van der Waals surface area contributed by atoms with Crippen LogP contribution in [0, 0.1) is 5.92 Å². The summed E-state index contributed by atoms with van der Waals surface area (Å²) in [6, 6.07) is 20.2. The molecule has 2 aliphatic rings. The molecule has 186 valence electrons. The second-order valence-electron chi connectivity index (χ2n) is 8.88. The molecular formula is C28H25F3N2O3. The lowest BCUT2D eigenvalue weighted by Gasteiger charge is -2.30. The highest BCUT2D eigenvalue weighted by Crippen LogP contribution is 2.43. The van der Waals surface area contributed by atoms with Crippen LogP contribution in [0.25, 0.3) is 0 Å². The summed E-state index contributed by atoms with van der Waals surface area (Å²) in [5, 5.41) is 6.92. The fourth-order valence-corrected chi connectivity index (χ4v) is 4.98. The highest BCUT2D eigenvalue weighted by atomic mass is 19.4. The molecule has 36 heavy (non-hydrogen) atoms. The van der Waals surface area contributed by atoms with E-state index in [0.717, 1.165) is 59.7 Å². The van der Waals surface area contributed by atoms with Crippen molar-refractivity contribution in [2.24, 2.45) is 11.0 Å². The molecule has 0 fully saturated rings. The van der Waals surface area contributed by atoms with Gasteiger partial charge in [-0.1, -0.05) is 36.4 Å². The van der Waals surface area contributed by atoms with Crippen LogP contribution in [0.1, 0.15) is 45.1 Å². The van der Waals surface area contributed by atoms with Crippen LogP contribution in [-0.4, -0.2) is 37.0 Å². The Bertz CT molecular complexity index is 1270. The summed E-state index contributed by atoms with van der Waals surface area (Å²) in [5.41, 5.74) is 3.81. The van der Waals surface area contributed by atoms with E-state index < -0.39 is 17.7 Å². The number of esters is 1. The van der Waals surface area contributed by atoms with Gasteiger partial charge < -0.3 is 9.47 Å². The number of carbonyl (C=O) groups is 1. The Hall–Kier alpha value is -3.81. The Balaban J connectivity index is 1.33. The number of benzene rings is 3. The fraction of sp³-hybridized carbons (Fsp3) is 0.286. The Morgan fingerprint density at radius 1 is 1.03 bits per heavy atom. The van der Waals surface area contributed by atoms with Crippen LogP contribution < -0.4 is 4.74 Å². The zero-order valence-electron chi connectivity index (χ0n) is 19.7. The Kier molecular flexibility index (Phi) is 6.43. The van der Waals surface area contributed by atoms with Crippen molar-refractivity contribution in [3.05, 3.63) is 101 Å². The first-order valence-electron chi connectivity index (χ1n) is 11.8. The van der Waals surface area contributed by atoms with Gasteiger partial charge in [-0.15, -0.1) is 0 Å². The molecule has 0 amide bonds. The van der Waals surface area contributed by atoms with Gasteiger partial charge >= 0.3 is 12.1 Å². The third-order valence-corrected chi connectivity index (χ3v) is 6.77. The average molecular weight is 495 g/mol. The predicted octanol–water partition coefficient (Wildman–Crippen LogP) is 5.89.